The summed E-state index contributed by atoms with van der Waals surface area (Å²) in [6.45, 7) is 0. The van der Waals surface area contributed by atoms with Crippen LogP contribution in [-0.2, 0) is 0 Å². The van der Waals surface area contributed by atoms with Gasteiger partial charge in [0.15, 0.2) is 11.6 Å². The van der Waals surface area contributed by atoms with E-state index in [9.17, 15) is 8.78 Å². The van der Waals surface area contributed by atoms with Crippen LogP contribution in [0.15, 0.2) is 41.1 Å². The van der Waals surface area contributed by atoms with Gasteiger partial charge in [-0.3, -0.25) is 0 Å². The fraction of sp³-hybridized carbons (Fsp3) is 0. The summed E-state index contributed by atoms with van der Waals surface area (Å²) in [5, 5.41) is 4.11. The number of nitrogens with one attached hydrogen (secondary N) is 1. The maximum atomic E-state index is 13.2. The van der Waals surface area contributed by atoms with Gasteiger partial charge in [0.1, 0.15) is 12.1 Å². The summed E-state index contributed by atoms with van der Waals surface area (Å²) in [6.07, 6.45) is 1.38. The average Bonchev–Trinajstić information content (AvgIpc) is 2.45. The van der Waals surface area contributed by atoms with Gasteiger partial charge >= 0.3 is 0 Å². The Hall–Kier alpha value is -1.79. The summed E-state index contributed by atoms with van der Waals surface area (Å²) in [6, 6.07) is 6.99. The minimum Gasteiger partial charge on any atom is -0.340 e. The number of rotatable bonds is 2. The molecule has 2 aromatic carbocycles. The normalized spacial score (nSPS) is 10.9. The number of benzene rings is 2. The topological polar surface area (TPSA) is 37.8 Å². The van der Waals surface area contributed by atoms with Crippen molar-refractivity contribution in [2.45, 2.75) is 0 Å². The van der Waals surface area contributed by atoms with E-state index < -0.39 is 11.6 Å². The Balaban J connectivity index is 2.07. The standard InChI is InChI=1S/C14H7BrClF2N3/c15-9-5-13-8(4-10(9)16)14(20-6-19-13)21-7-1-2-11(17)12(18)3-7/h1-6H,(H,19,20,21). The molecule has 0 saturated heterocycles. The van der Waals surface area contributed by atoms with E-state index >= 15 is 0 Å². The van der Waals surface area contributed by atoms with Crippen LogP contribution in [-0.4, -0.2) is 9.97 Å². The molecule has 0 bridgehead atoms. The maximum Gasteiger partial charge on any atom is 0.160 e. The Labute approximate surface area is 132 Å². The zero-order valence-electron chi connectivity index (χ0n) is 10.4. The van der Waals surface area contributed by atoms with E-state index in [4.69, 9.17) is 11.6 Å². The molecule has 0 aliphatic heterocycles. The van der Waals surface area contributed by atoms with Gasteiger partial charge in [0.2, 0.25) is 0 Å². The molecule has 3 aromatic rings. The predicted molar refractivity (Wildman–Crippen MR) is 81.9 cm³/mol. The van der Waals surface area contributed by atoms with Gasteiger partial charge in [-0.25, -0.2) is 18.7 Å². The highest BCUT2D eigenvalue weighted by Gasteiger charge is 2.09. The van der Waals surface area contributed by atoms with Crippen molar-refractivity contribution in [3.8, 4) is 0 Å². The fourth-order valence-electron chi connectivity index (χ4n) is 1.86. The van der Waals surface area contributed by atoms with Gasteiger partial charge in [-0.2, -0.15) is 0 Å². The van der Waals surface area contributed by atoms with E-state index in [1.807, 2.05) is 0 Å². The van der Waals surface area contributed by atoms with Crippen LogP contribution in [0.5, 0.6) is 0 Å². The molecular formula is C14H7BrClF2N3. The van der Waals surface area contributed by atoms with Crippen molar-refractivity contribution in [1.29, 1.82) is 0 Å². The predicted octanol–water partition coefficient (Wildman–Crippen LogP) is 5.07. The van der Waals surface area contributed by atoms with Gasteiger partial charge in [0.25, 0.3) is 0 Å². The van der Waals surface area contributed by atoms with Crippen LogP contribution < -0.4 is 5.32 Å². The minimum absolute atomic E-state index is 0.382. The van der Waals surface area contributed by atoms with Crippen LogP contribution in [0.4, 0.5) is 20.3 Å². The summed E-state index contributed by atoms with van der Waals surface area (Å²) in [7, 11) is 0. The Bertz CT molecular complexity index is 842. The molecule has 3 rings (SSSR count). The molecule has 1 heterocycles. The van der Waals surface area contributed by atoms with Gasteiger partial charge in [-0.15, -0.1) is 0 Å². The molecular weight excluding hydrogens is 364 g/mol. The van der Waals surface area contributed by atoms with Crippen molar-refractivity contribution >= 4 is 49.9 Å². The summed E-state index contributed by atoms with van der Waals surface area (Å²) < 4.78 is 26.9. The van der Waals surface area contributed by atoms with E-state index in [1.165, 1.54) is 12.4 Å². The Morgan fingerprint density at radius 3 is 2.62 bits per heavy atom. The molecule has 0 aliphatic carbocycles. The van der Waals surface area contributed by atoms with Crippen molar-refractivity contribution < 1.29 is 8.78 Å². The lowest BCUT2D eigenvalue weighted by atomic mass is 10.2. The Morgan fingerprint density at radius 2 is 1.86 bits per heavy atom. The largest absolute Gasteiger partial charge is 0.340 e. The molecule has 1 aromatic heterocycles. The van der Waals surface area contributed by atoms with Crippen molar-refractivity contribution in [2.24, 2.45) is 0 Å². The molecule has 0 radical (unpaired) electrons. The summed E-state index contributed by atoms with van der Waals surface area (Å²) in [5.74, 6) is -1.38. The quantitative estimate of drug-likeness (QED) is 0.684. The molecule has 0 amide bonds. The van der Waals surface area contributed by atoms with Crippen molar-refractivity contribution in [3.63, 3.8) is 0 Å². The van der Waals surface area contributed by atoms with E-state index in [-0.39, 0.29) is 0 Å². The molecule has 0 spiro atoms. The van der Waals surface area contributed by atoms with Crippen molar-refractivity contribution in [3.05, 3.63) is 57.8 Å². The third kappa shape index (κ3) is 2.82. The minimum atomic E-state index is -0.931. The molecule has 0 saturated carbocycles. The van der Waals surface area contributed by atoms with E-state index in [0.717, 1.165) is 12.1 Å². The Morgan fingerprint density at radius 1 is 1.05 bits per heavy atom. The second kappa shape index (κ2) is 5.54. The van der Waals surface area contributed by atoms with Crippen LogP contribution in [0.2, 0.25) is 5.02 Å². The maximum absolute atomic E-state index is 13.2. The first kappa shape index (κ1) is 14.2. The second-order valence-electron chi connectivity index (χ2n) is 4.26. The molecule has 0 fully saturated rings. The molecule has 0 atom stereocenters. The number of anilines is 2. The SMILES string of the molecule is Fc1ccc(Nc2ncnc3cc(Br)c(Cl)cc23)cc1F. The zero-order valence-corrected chi connectivity index (χ0v) is 12.7. The van der Waals surface area contributed by atoms with Gasteiger partial charge in [0, 0.05) is 21.6 Å². The van der Waals surface area contributed by atoms with Crippen LogP contribution in [0.3, 0.4) is 0 Å². The summed E-state index contributed by atoms with van der Waals surface area (Å²) in [4.78, 5) is 8.26. The molecule has 0 aliphatic rings. The van der Waals surface area contributed by atoms with Crippen LogP contribution in [0.1, 0.15) is 0 Å². The summed E-state index contributed by atoms with van der Waals surface area (Å²) >= 11 is 9.39. The molecule has 0 unspecified atom stereocenters. The van der Waals surface area contributed by atoms with Gasteiger partial charge in [0.05, 0.1) is 10.5 Å². The highest BCUT2D eigenvalue weighted by atomic mass is 79.9. The highest BCUT2D eigenvalue weighted by molar-refractivity contribution is 9.10. The second-order valence-corrected chi connectivity index (χ2v) is 5.52. The number of halogens is 4. The third-order valence-corrected chi connectivity index (χ3v) is 4.06. The van der Waals surface area contributed by atoms with Crippen LogP contribution >= 0.6 is 27.5 Å². The first-order chi connectivity index (χ1) is 10.0. The molecule has 3 nitrogen and oxygen atoms in total. The van der Waals surface area contributed by atoms with Crippen LogP contribution in [0, 0.1) is 11.6 Å². The number of fused-ring (bicyclic) bond motifs is 1. The molecule has 21 heavy (non-hydrogen) atoms. The first-order valence-corrected chi connectivity index (χ1v) is 7.03. The number of nitrogens with zero attached hydrogens (tertiary/aromatic N) is 2. The molecule has 106 valence electrons. The third-order valence-electron chi connectivity index (χ3n) is 2.86. The van der Waals surface area contributed by atoms with Crippen molar-refractivity contribution in [2.75, 3.05) is 5.32 Å². The number of aromatic nitrogens is 2. The number of hydrogen-bond acceptors (Lipinski definition) is 3. The lowest BCUT2D eigenvalue weighted by molar-refractivity contribution is 0.509. The smallest absolute Gasteiger partial charge is 0.160 e. The van der Waals surface area contributed by atoms with Gasteiger partial charge < -0.3 is 5.32 Å². The van der Waals surface area contributed by atoms with E-state index in [1.54, 1.807) is 12.1 Å². The van der Waals surface area contributed by atoms with E-state index in [0.29, 0.717) is 31.9 Å². The Kier molecular flexibility index (Phi) is 3.73. The fourth-order valence-corrected chi connectivity index (χ4v) is 2.36. The number of hydrogen-bond donors (Lipinski definition) is 1. The first-order valence-electron chi connectivity index (χ1n) is 5.86. The molecule has 7 heteroatoms. The van der Waals surface area contributed by atoms with E-state index in [2.05, 4.69) is 31.2 Å². The van der Waals surface area contributed by atoms with Crippen molar-refractivity contribution in [1.82, 2.24) is 9.97 Å². The van der Waals surface area contributed by atoms with Crippen LogP contribution in [0.25, 0.3) is 10.9 Å². The monoisotopic (exact) mass is 369 g/mol. The summed E-state index contributed by atoms with van der Waals surface area (Å²) in [5.41, 5.74) is 1.05. The lowest BCUT2D eigenvalue weighted by Gasteiger charge is -2.09. The van der Waals surface area contributed by atoms with Gasteiger partial charge in [-0.1, -0.05) is 11.6 Å². The average molecular weight is 371 g/mol. The lowest BCUT2D eigenvalue weighted by Crippen LogP contribution is -1.97. The zero-order chi connectivity index (χ0) is 15.0. The highest BCUT2D eigenvalue weighted by Crippen LogP contribution is 2.31. The molecule has 1 N–H and O–H groups in total. The van der Waals surface area contributed by atoms with Gasteiger partial charge in [-0.05, 0) is 40.2 Å².